The Morgan fingerprint density at radius 2 is 1.60 bits per heavy atom. The standard InChI is InChI=1S/C37H28N2O2.Pt/c1-37(2,3)23-24-15-17-29-26(21-24)16-18-30-31-19-20-38-34(36(31)41-35(29)30)27-11-7-12-28(22-27)40-33-14-8-13-32(39-33)25-9-5-4-6-10-25;/h4-9,11-21H,23H2,1-3H3;/q-2;+2. The number of nitrogens with zero attached hydrogens (tertiary/aromatic N) is 2. The topological polar surface area (TPSA) is 48.2 Å². The molecule has 7 rings (SSSR count). The Labute approximate surface area is 259 Å². The molecule has 0 aliphatic heterocycles. The van der Waals surface area contributed by atoms with Crippen LogP contribution in [0.15, 0.2) is 108 Å². The molecular formula is C37H28N2O2Pt. The van der Waals surface area contributed by atoms with Crippen LogP contribution in [0.5, 0.6) is 11.6 Å². The number of hydrogen-bond acceptors (Lipinski definition) is 4. The van der Waals surface area contributed by atoms with Gasteiger partial charge in [0, 0.05) is 33.8 Å². The molecule has 0 saturated carbocycles. The number of ether oxygens (including phenoxy) is 1. The molecule has 0 fully saturated rings. The van der Waals surface area contributed by atoms with Crippen molar-refractivity contribution >= 4 is 32.7 Å². The summed E-state index contributed by atoms with van der Waals surface area (Å²) in [5.74, 6) is 1.04. The number of pyridine rings is 2. The molecule has 3 aromatic heterocycles. The molecule has 0 atom stereocenters. The zero-order valence-electron chi connectivity index (χ0n) is 23.5. The second-order valence-electron chi connectivity index (χ2n) is 11.5. The Bertz CT molecular complexity index is 2040. The molecule has 0 spiro atoms. The summed E-state index contributed by atoms with van der Waals surface area (Å²) >= 11 is 0. The average Bonchev–Trinajstić information content (AvgIpc) is 3.36. The van der Waals surface area contributed by atoms with Gasteiger partial charge in [0.25, 0.3) is 0 Å². The van der Waals surface area contributed by atoms with Gasteiger partial charge < -0.3 is 14.1 Å². The van der Waals surface area contributed by atoms with E-state index in [4.69, 9.17) is 14.1 Å². The van der Waals surface area contributed by atoms with Crippen molar-refractivity contribution in [3.63, 3.8) is 0 Å². The third-order valence-electron chi connectivity index (χ3n) is 7.11. The van der Waals surface area contributed by atoms with Crippen LogP contribution in [0.25, 0.3) is 55.2 Å². The van der Waals surface area contributed by atoms with Gasteiger partial charge in [-0.25, -0.2) is 0 Å². The van der Waals surface area contributed by atoms with Crippen molar-refractivity contribution in [2.75, 3.05) is 0 Å². The largest absolute Gasteiger partial charge is 2.00 e. The molecule has 0 bridgehead atoms. The summed E-state index contributed by atoms with van der Waals surface area (Å²) in [4.78, 5) is 9.37. The molecule has 0 aliphatic carbocycles. The number of rotatable bonds is 5. The van der Waals surface area contributed by atoms with E-state index >= 15 is 0 Å². The monoisotopic (exact) mass is 727 g/mol. The van der Waals surface area contributed by atoms with Gasteiger partial charge in [0.1, 0.15) is 11.2 Å². The maximum absolute atomic E-state index is 6.58. The Morgan fingerprint density at radius 3 is 2.43 bits per heavy atom. The van der Waals surface area contributed by atoms with E-state index in [1.807, 2.05) is 72.9 Å². The summed E-state index contributed by atoms with van der Waals surface area (Å²) in [5, 5.41) is 4.38. The fraction of sp³-hybridized carbons (Fsp3) is 0.135. The van der Waals surface area contributed by atoms with Gasteiger partial charge in [-0.2, -0.15) is 0 Å². The van der Waals surface area contributed by atoms with Gasteiger partial charge in [-0.3, -0.25) is 4.98 Å². The minimum absolute atomic E-state index is 0. The van der Waals surface area contributed by atoms with Crippen molar-refractivity contribution < 1.29 is 30.2 Å². The molecular weight excluding hydrogens is 699 g/mol. The summed E-state index contributed by atoms with van der Waals surface area (Å²) in [6.45, 7) is 6.80. The third-order valence-corrected chi connectivity index (χ3v) is 7.11. The van der Waals surface area contributed by atoms with E-state index < -0.39 is 0 Å². The summed E-state index contributed by atoms with van der Waals surface area (Å²) in [6.07, 6.45) is 2.85. The minimum atomic E-state index is 0. The van der Waals surface area contributed by atoms with Crippen LogP contribution in [0.2, 0.25) is 0 Å². The van der Waals surface area contributed by atoms with Crippen LogP contribution in [0.3, 0.4) is 0 Å². The Hall–Kier alpha value is -4.27. The Morgan fingerprint density at radius 1 is 0.786 bits per heavy atom. The smallest absolute Gasteiger partial charge is 0.463 e. The Balaban J connectivity index is 0.00000316. The molecule has 7 aromatic rings. The van der Waals surface area contributed by atoms with E-state index in [9.17, 15) is 0 Å². The third kappa shape index (κ3) is 5.47. The fourth-order valence-electron chi connectivity index (χ4n) is 5.39. The van der Waals surface area contributed by atoms with Crippen molar-refractivity contribution in [2.24, 2.45) is 5.41 Å². The van der Waals surface area contributed by atoms with Crippen LogP contribution >= 0.6 is 0 Å². The van der Waals surface area contributed by atoms with E-state index in [2.05, 4.69) is 68.2 Å². The minimum Gasteiger partial charge on any atom is -0.463 e. The fourth-order valence-corrected chi connectivity index (χ4v) is 5.39. The normalized spacial score (nSPS) is 11.6. The van der Waals surface area contributed by atoms with Crippen molar-refractivity contribution in [1.82, 2.24) is 9.97 Å². The molecule has 4 aromatic carbocycles. The molecule has 4 nitrogen and oxygen atoms in total. The van der Waals surface area contributed by atoms with Crippen LogP contribution < -0.4 is 4.74 Å². The zero-order valence-corrected chi connectivity index (χ0v) is 25.8. The van der Waals surface area contributed by atoms with Crippen molar-refractivity contribution in [2.45, 2.75) is 27.2 Å². The molecule has 0 radical (unpaired) electrons. The van der Waals surface area contributed by atoms with Gasteiger partial charge in [0.05, 0.1) is 0 Å². The zero-order chi connectivity index (χ0) is 28.0. The molecule has 0 amide bonds. The van der Waals surface area contributed by atoms with Gasteiger partial charge in [-0.15, -0.1) is 59.7 Å². The van der Waals surface area contributed by atoms with E-state index in [0.717, 1.165) is 56.3 Å². The first-order valence-corrected chi connectivity index (χ1v) is 13.8. The van der Waals surface area contributed by atoms with Crippen LogP contribution in [0.4, 0.5) is 0 Å². The quantitative estimate of drug-likeness (QED) is 0.166. The molecule has 42 heavy (non-hydrogen) atoms. The van der Waals surface area contributed by atoms with Gasteiger partial charge in [-0.1, -0.05) is 63.2 Å². The first kappa shape index (κ1) is 27.9. The maximum Gasteiger partial charge on any atom is 2.00 e. The van der Waals surface area contributed by atoms with Crippen molar-refractivity contribution in [3.8, 4) is 34.1 Å². The number of hydrogen-bond donors (Lipinski definition) is 0. The van der Waals surface area contributed by atoms with Crippen LogP contribution in [-0.4, -0.2) is 9.97 Å². The van der Waals surface area contributed by atoms with Crippen molar-refractivity contribution in [1.29, 1.82) is 0 Å². The summed E-state index contributed by atoms with van der Waals surface area (Å²) < 4.78 is 12.7. The first-order chi connectivity index (χ1) is 19.9. The number of aromatic nitrogens is 2. The molecule has 5 heteroatoms. The van der Waals surface area contributed by atoms with E-state index in [1.165, 1.54) is 10.9 Å². The first-order valence-electron chi connectivity index (χ1n) is 13.8. The van der Waals surface area contributed by atoms with Crippen molar-refractivity contribution in [3.05, 3.63) is 121 Å². The van der Waals surface area contributed by atoms with Gasteiger partial charge in [0.2, 0.25) is 5.88 Å². The van der Waals surface area contributed by atoms with Gasteiger partial charge >= 0.3 is 21.1 Å². The van der Waals surface area contributed by atoms with E-state index in [-0.39, 0.29) is 26.5 Å². The second kappa shape index (κ2) is 11.2. The van der Waals surface area contributed by atoms with Crippen LogP contribution in [0, 0.1) is 17.5 Å². The summed E-state index contributed by atoms with van der Waals surface area (Å²) in [5.41, 5.74) is 6.39. The predicted octanol–water partition coefficient (Wildman–Crippen LogP) is 9.84. The Kier molecular flexibility index (Phi) is 7.43. The molecule has 0 aliphatic rings. The van der Waals surface area contributed by atoms with E-state index in [0.29, 0.717) is 11.6 Å². The van der Waals surface area contributed by atoms with Crippen LogP contribution in [-0.2, 0) is 27.5 Å². The molecule has 0 unspecified atom stereocenters. The number of furan rings is 1. The number of benzene rings is 4. The SMILES string of the molecule is CC(C)(C)Cc1ccc2c(ccc3c4ccnc(-c5[c-]c(Oc6cccc(-c7[c-]cccc7)n6)ccc5)c4oc23)c1.[Pt+2]. The molecule has 0 saturated heterocycles. The van der Waals surface area contributed by atoms with Gasteiger partial charge in [-0.05, 0) is 46.7 Å². The molecule has 0 N–H and O–H groups in total. The summed E-state index contributed by atoms with van der Waals surface area (Å²) in [6, 6.07) is 38.9. The summed E-state index contributed by atoms with van der Waals surface area (Å²) in [7, 11) is 0. The molecule has 3 heterocycles. The molecule has 208 valence electrons. The predicted molar refractivity (Wildman–Crippen MR) is 165 cm³/mol. The van der Waals surface area contributed by atoms with Gasteiger partial charge in [0.15, 0.2) is 0 Å². The van der Waals surface area contributed by atoms with Crippen LogP contribution in [0.1, 0.15) is 26.3 Å². The second-order valence-corrected chi connectivity index (χ2v) is 11.5. The average molecular weight is 728 g/mol. The van der Waals surface area contributed by atoms with E-state index in [1.54, 1.807) is 0 Å². The maximum atomic E-state index is 6.58. The number of fused-ring (bicyclic) bond motifs is 5.